The van der Waals surface area contributed by atoms with Crippen LogP contribution in [-0.4, -0.2) is 16.9 Å². The van der Waals surface area contributed by atoms with E-state index in [4.69, 9.17) is 0 Å². The minimum Gasteiger partial charge on any atom is -0.478 e. The third kappa shape index (κ3) is 5.16. The van der Waals surface area contributed by atoms with Crippen molar-refractivity contribution in [2.45, 2.75) is 52.4 Å². The van der Waals surface area contributed by atoms with Crippen molar-refractivity contribution in [2.75, 3.05) is 0 Å². The number of allylic oxidation sites excluding steroid dienone is 1. The van der Waals surface area contributed by atoms with Gasteiger partial charge in [-0.05, 0) is 51.8 Å². The van der Waals surface area contributed by atoms with Crippen molar-refractivity contribution in [1.82, 2.24) is 0 Å². The summed E-state index contributed by atoms with van der Waals surface area (Å²) in [6.07, 6.45) is 3.03. The van der Waals surface area contributed by atoms with Crippen molar-refractivity contribution < 1.29 is 14.7 Å². The van der Waals surface area contributed by atoms with Crippen molar-refractivity contribution in [3.05, 3.63) is 76.4 Å². The number of rotatable bonds is 4. The molecule has 0 unspecified atom stereocenters. The lowest BCUT2D eigenvalue weighted by atomic mass is 9.79. The van der Waals surface area contributed by atoms with E-state index in [9.17, 15) is 14.7 Å². The number of carbonyl (C=O) groups is 2. The molecule has 0 aliphatic heterocycles. The fourth-order valence-electron chi connectivity index (χ4n) is 2.73. The lowest BCUT2D eigenvalue weighted by molar-refractivity contribution is 0.0696. The lowest BCUT2D eigenvalue weighted by Crippen LogP contribution is -2.17. The molecule has 0 spiro atoms. The van der Waals surface area contributed by atoms with Crippen LogP contribution in [-0.2, 0) is 10.8 Å². The van der Waals surface area contributed by atoms with Crippen LogP contribution < -0.4 is 0 Å². The lowest BCUT2D eigenvalue weighted by Gasteiger charge is -2.25. The van der Waals surface area contributed by atoms with Crippen LogP contribution >= 0.6 is 0 Å². The SMILES string of the molecule is CC(C)(C)c1cc(C(=O)/C=C/c2ccccc2C(=O)O)cc(C(C)(C)C)c1. The van der Waals surface area contributed by atoms with Crippen molar-refractivity contribution in [3.8, 4) is 0 Å². The van der Waals surface area contributed by atoms with Gasteiger partial charge in [0.15, 0.2) is 5.78 Å². The molecule has 0 aliphatic rings. The van der Waals surface area contributed by atoms with E-state index in [1.54, 1.807) is 24.3 Å². The Hall–Kier alpha value is -2.68. The Morgan fingerprint density at radius 3 is 1.85 bits per heavy atom. The van der Waals surface area contributed by atoms with Crippen molar-refractivity contribution >= 4 is 17.8 Å². The van der Waals surface area contributed by atoms with E-state index in [0.29, 0.717) is 11.1 Å². The van der Waals surface area contributed by atoms with Crippen molar-refractivity contribution in [2.24, 2.45) is 0 Å². The molecule has 2 aromatic carbocycles. The van der Waals surface area contributed by atoms with Gasteiger partial charge in [0.2, 0.25) is 0 Å². The molecule has 0 atom stereocenters. The Morgan fingerprint density at radius 2 is 1.37 bits per heavy atom. The predicted molar refractivity (Wildman–Crippen MR) is 111 cm³/mol. The van der Waals surface area contributed by atoms with Gasteiger partial charge in [-0.3, -0.25) is 4.79 Å². The summed E-state index contributed by atoms with van der Waals surface area (Å²) in [7, 11) is 0. The molecule has 3 heteroatoms. The molecule has 0 heterocycles. The number of hydrogen-bond donors (Lipinski definition) is 1. The molecule has 0 aromatic heterocycles. The van der Waals surface area contributed by atoms with E-state index < -0.39 is 5.97 Å². The molecule has 0 aliphatic carbocycles. The second-order valence-corrected chi connectivity index (χ2v) is 8.89. The van der Waals surface area contributed by atoms with Crippen LogP contribution in [0.15, 0.2) is 48.5 Å². The molecule has 0 amide bonds. The largest absolute Gasteiger partial charge is 0.478 e. The normalized spacial score (nSPS) is 12.4. The van der Waals surface area contributed by atoms with Gasteiger partial charge in [-0.25, -0.2) is 4.79 Å². The third-order valence-electron chi connectivity index (χ3n) is 4.56. The van der Waals surface area contributed by atoms with E-state index in [0.717, 1.165) is 11.1 Å². The van der Waals surface area contributed by atoms with E-state index >= 15 is 0 Å². The van der Waals surface area contributed by atoms with Gasteiger partial charge < -0.3 is 5.11 Å². The zero-order valence-electron chi connectivity index (χ0n) is 17.0. The summed E-state index contributed by atoms with van der Waals surface area (Å²) < 4.78 is 0. The maximum absolute atomic E-state index is 12.8. The summed E-state index contributed by atoms with van der Waals surface area (Å²) in [5.41, 5.74) is 3.39. The Balaban J connectivity index is 2.46. The molecule has 142 valence electrons. The highest BCUT2D eigenvalue weighted by Crippen LogP contribution is 2.30. The molecule has 27 heavy (non-hydrogen) atoms. The number of carboxylic acid groups (broad SMARTS) is 1. The zero-order chi connectivity index (χ0) is 20.4. The highest BCUT2D eigenvalue weighted by atomic mass is 16.4. The number of hydrogen-bond acceptors (Lipinski definition) is 2. The van der Waals surface area contributed by atoms with Crippen LogP contribution in [0.5, 0.6) is 0 Å². The maximum Gasteiger partial charge on any atom is 0.336 e. The quantitative estimate of drug-likeness (QED) is 0.545. The number of carboxylic acids is 1. The average Bonchev–Trinajstić information content (AvgIpc) is 2.57. The van der Waals surface area contributed by atoms with E-state index in [-0.39, 0.29) is 22.2 Å². The van der Waals surface area contributed by atoms with E-state index in [1.165, 1.54) is 12.1 Å². The first-order chi connectivity index (χ1) is 12.4. The maximum atomic E-state index is 12.8. The van der Waals surface area contributed by atoms with Gasteiger partial charge in [0, 0.05) is 5.56 Å². The predicted octanol–water partition coefficient (Wildman–Crippen LogP) is 5.88. The summed E-state index contributed by atoms with van der Waals surface area (Å²) >= 11 is 0. The summed E-state index contributed by atoms with van der Waals surface area (Å²) in [6.45, 7) is 12.8. The fourth-order valence-corrected chi connectivity index (χ4v) is 2.73. The zero-order valence-corrected chi connectivity index (χ0v) is 17.0. The molecule has 3 nitrogen and oxygen atoms in total. The molecule has 2 aromatic rings. The number of aromatic carboxylic acids is 1. The Labute approximate surface area is 161 Å². The molecule has 0 radical (unpaired) electrons. The molecular formula is C24H28O3. The standard InChI is InChI=1S/C24H28O3/c1-23(2,3)18-13-17(14-19(15-18)24(4,5)6)21(25)12-11-16-9-7-8-10-20(16)22(26)27/h7-15H,1-6H3,(H,26,27)/b12-11+. The van der Waals surface area contributed by atoms with Crippen LogP contribution in [0.4, 0.5) is 0 Å². The summed E-state index contributed by atoms with van der Waals surface area (Å²) in [5.74, 6) is -1.14. The number of carbonyl (C=O) groups excluding carboxylic acids is 1. The van der Waals surface area contributed by atoms with Gasteiger partial charge in [-0.1, -0.05) is 71.9 Å². The topological polar surface area (TPSA) is 54.4 Å². The van der Waals surface area contributed by atoms with Gasteiger partial charge in [0.05, 0.1) is 5.56 Å². The average molecular weight is 364 g/mol. The highest BCUT2D eigenvalue weighted by Gasteiger charge is 2.21. The molecule has 0 bridgehead atoms. The highest BCUT2D eigenvalue weighted by molar-refractivity contribution is 6.07. The minimum absolute atomic E-state index is 0.0735. The van der Waals surface area contributed by atoms with Gasteiger partial charge in [-0.2, -0.15) is 0 Å². The van der Waals surface area contributed by atoms with Gasteiger partial charge in [-0.15, -0.1) is 0 Å². The number of benzene rings is 2. The second kappa shape index (κ2) is 7.51. The van der Waals surface area contributed by atoms with Crippen molar-refractivity contribution in [3.63, 3.8) is 0 Å². The van der Waals surface area contributed by atoms with Crippen LogP contribution in [0.25, 0.3) is 6.08 Å². The third-order valence-corrected chi connectivity index (χ3v) is 4.56. The Morgan fingerprint density at radius 1 is 0.852 bits per heavy atom. The first-order valence-corrected chi connectivity index (χ1v) is 9.10. The monoisotopic (exact) mass is 364 g/mol. The molecular weight excluding hydrogens is 336 g/mol. The Kier molecular flexibility index (Phi) is 5.74. The minimum atomic E-state index is -1.01. The molecule has 0 fully saturated rings. The van der Waals surface area contributed by atoms with Gasteiger partial charge in [0.25, 0.3) is 0 Å². The molecule has 0 saturated heterocycles. The van der Waals surface area contributed by atoms with E-state index in [2.05, 4.69) is 47.6 Å². The smallest absolute Gasteiger partial charge is 0.336 e. The summed E-state index contributed by atoms with van der Waals surface area (Å²) in [5, 5.41) is 9.28. The summed E-state index contributed by atoms with van der Waals surface area (Å²) in [4.78, 5) is 24.2. The molecule has 2 rings (SSSR count). The molecule has 0 saturated carbocycles. The van der Waals surface area contributed by atoms with Gasteiger partial charge in [0.1, 0.15) is 0 Å². The van der Waals surface area contributed by atoms with Crippen LogP contribution in [0.1, 0.15) is 78.9 Å². The van der Waals surface area contributed by atoms with Crippen LogP contribution in [0.2, 0.25) is 0 Å². The number of ketones is 1. The van der Waals surface area contributed by atoms with Gasteiger partial charge >= 0.3 is 5.97 Å². The second-order valence-electron chi connectivity index (χ2n) is 8.89. The first-order valence-electron chi connectivity index (χ1n) is 9.10. The Bertz CT molecular complexity index is 858. The summed E-state index contributed by atoms with van der Waals surface area (Å²) in [6, 6.07) is 12.7. The first kappa shape index (κ1) is 20.6. The van der Waals surface area contributed by atoms with E-state index in [1.807, 2.05) is 12.1 Å². The fraction of sp³-hybridized carbons (Fsp3) is 0.333. The van der Waals surface area contributed by atoms with Crippen LogP contribution in [0, 0.1) is 0 Å². The molecule has 1 N–H and O–H groups in total. The van der Waals surface area contributed by atoms with Crippen LogP contribution in [0.3, 0.4) is 0 Å². The van der Waals surface area contributed by atoms with Crippen molar-refractivity contribution in [1.29, 1.82) is 0 Å².